The van der Waals surface area contributed by atoms with Crippen LogP contribution in [0.25, 0.3) is 0 Å². The van der Waals surface area contributed by atoms with Crippen molar-refractivity contribution in [1.29, 1.82) is 0 Å². The molecule has 0 aromatic carbocycles. The summed E-state index contributed by atoms with van der Waals surface area (Å²) >= 11 is 0. The molecule has 0 fully saturated rings. The molecule has 90 valence electrons. The van der Waals surface area contributed by atoms with Crippen LogP contribution in [0.15, 0.2) is 23.4 Å². The maximum absolute atomic E-state index is 11.9. The van der Waals surface area contributed by atoms with Gasteiger partial charge in [-0.25, -0.2) is 4.79 Å². The van der Waals surface area contributed by atoms with Crippen molar-refractivity contribution in [2.24, 2.45) is 0 Å². The summed E-state index contributed by atoms with van der Waals surface area (Å²) in [7, 11) is 3.50. The molecule has 0 bridgehead atoms. The van der Waals surface area contributed by atoms with Crippen molar-refractivity contribution in [2.45, 2.75) is 20.8 Å². The van der Waals surface area contributed by atoms with Crippen molar-refractivity contribution in [2.75, 3.05) is 20.7 Å². The van der Waals surface area contributed by atoms with Gasteiger partial charge in [0.2, 0.25) is 0 Å². The van der Waals surface area contributed by atoms with Gasteiger partial charge >= 0.3 is 5.97 Å². The summed E-state index contributed by atoms with van der Waals surface area (Å²) in [4.78, 5) is 25.1. The number of carbonyl (C=O) groups excluding carboxylic acids is 2. The normalized spacial score (nSPS) is 12.3. The van der Waals surface area contributed by atoms with Crippen LogP contribution >= 0.6 is 0 Å². The number of rotatable bonds is 5. The maximum Gasteiger partial charge on any atom is 0.343 e. The predicted octanol–water partition coefficient (Wildman–Crippen LogP) is 1.53. The first-order chi connectivity index (χ1) is 7.43. The second-order valence-corrected chi connectivity index (χ2v) is 3.53. The molecule has 0 rings (SSSR count). The molecule has 0 radical (unpaired) electrons. The number of ketones is 1. The second-order valence-electron chi connectivity index (χ2n) is 3.53. The molecule has 0 heterocycles. The van der Waals surface area contributed by atoms with Crippen molar-refractivity contribution in [3.63, 3.8) is 0 Å². The Morgan fingerprint density at radius 1 is 1.31 bits per heavy atom. The summed E-state index contributed by atoms with van der Waals surface area (Å²) in [6.07, 6.45) is 3.15. The average Bonchev–Trinajstić information content (AvgIpc) is 2.23. The van der Waals surface area contributed by atoms with Gasteiger partial charge in [0, 0.05) is 20.3 Å². The van der Waals surface area contributed by atoms with Crippen LogP contribution in [-0.4, -0.2) is 37.4 Å². The van der Waals surface area contributed by atoms with E-state index in [1.807, 2.05) is 0 Å². The van der Waals surface area contributed by atoms with Crippen molar-refractivity contribution in [3.05, 3.63) is 23.4 Å². The topological polar surface area (TPSA) is 46.6 Å². The van der Waals surface area contributed by atoms with Crippen molar-refractivity contribution in [1.82, 2.24) is 4.90 Å². The third-order valence-electron chi connectivity index (χ3n) is 1.92. The fourth-order valence-electron chi connectivity index (χ4n) is 1.01. The van der Waals surface area contributed by atoms with Gasteiger partial charge < -0.3 is 9.64 Å². The van der Waals surface area contributed by atoms with Crippen LogP contribution in [-0.2, 0) is 14.3 Å². The molecule has 0 aliphatic heterocycles. The molecule has 0 spiro atoms. The summed E-state index contributed by atoms with van der Waals surface area (Å²) < 4.78 is 4.84. The third-order valence-corrected chi connectivity index (χ3v) is 1.92. The molecule has 0 aromatic heterocycles. The number of nitrogens with zero attached hydrogens (tertiary/aromatic N) is 1. The molecule has 0 N–H and O–H groups in total. The Bertz CT molecular complexity index is 327. The van der Waals surface area contributed by atoms with E-state index in [-0.39, 0.29) is 18.0 Å². The summed E-state index contributed by atoms with van der Waals surface area (Å²) in [5, 5.41) is 0. The van der Waals surface area contributed by atoms with E-state index in [9.17, 15) is 9.59 Å². The molecule has 0 atom stereocenters. The largest absolute Gasteiger partial charge is 0.462 e. The van der Waals surface area contributed by atoms with Gasteiger partial charge in [0.05, 0.1) is 6.61 Å². The molecular weight excluding hydrogens is 206 g/mol. The van der Waals surface area contributed by atoms with E-state index in [2.05, 4.69) is 0 Å². The van der Waals surface area contributed by atoms with Gasteiger partial charge in [0.15, 0.2) is 5.78 Å². The Morgan fingerprint density at radius 3 is 2.25 bits per heavy atom. The highest BCUT2D eigenvalue weighted by molar-refractivity contribution is 6.23. The van der Waals surface area contributed by atoms with E-state index in [4.69, 9.17) is 4.74 Å². The SMILES string of the molecule is C/C=C(\C)C(=O)/C(=C/N(C)C)C(=O)OCC. The first-order valence-corrected chi connectivity index (χ1v) is 5.17. The van der Waals surface area contributed by atoms with Crippen LogP contribution in [0.1, 0.15) is 20.8 Å². The maximum atomic E-state index is 11.9. The Labute approximate surface area is 96.6 Å². The smallest absolute Gasteiger partial charge is 0.343 e. The highest BCUT2D eigenvalue weighted by Gasteiger charge is 2.20. The minimum Gasteiger partial charge on any atom is -0.462 e. The lowest BCUT2D eigenvalue weighted by molar-refractivity contribution is -0.139. The Balaban J connectivity index is 5.11. The lowest BCUT2D eigenvalue weighted by atomic mass is 10.1. The standard InChI is InChI=1S/C12H19NO3/c1-6-9(3)11(14)10(8-13(4)5)12(15)16-7-2/h6,8H,7H2,1-5H3/b9-6+,10-8-. The molecule has 0 amide bonds. The van der Waals surface area contributed by atoms with Crippen LogP contribution < -0.4 is 0 Å². The van der Waals surface area contributed by atoms with Gasteiger partial charge in [-0.3, -0.25) is 4.79 Å². The molecule has 0 aliphatic carbocycles. The van der Waals surface area contributed by atoms with Gasteiger partial charge in [-0.15, -0.1) is 0 Å². The zero-order valence-electron chi connectivity index (χ0n) is 10.5. The Morgan fingerprint density at radius 2 is 1.88 bits per heavy atom. The summed E-state index contributed by atoms with van der Waals surface area (Å²) in [5.41, 5.74) is 0.587. The monoisotopic (exact) mass is 225 g/mol. The number of hydrogen-bond acceptors (Lipinski definition) is 4. The first-order valence-electron chi connectivity index (χ1n) is 5.17. The molecule has 0 saturated carbocycles. The summed E-state index contributed by atoms with van der Waals surface area (Å²) in [6.45, 7) is 5.39. The fourth-order valence-corrected chi connectivity index (χ4v) is 1.01. The van der Waals surface area contributed by atoms with Crippen LogP contribution in [0.3, 0.4) is 0 Å². The lowest BCUT2D eigenvalue weighted by Crippen LogP contribution is -2.19. The van der Waals surface area contributed by atoms with Gasteiger partial charge in [-0.05, 0) is 26.3 Å². The van der Waals surface area contributed by atoms with E-state index >= 15 is 0 Å². The van der Waals surface area contributed by atoms with Crippen molar-refractivity contribution in [3.8, 4) is 0 Å². The Hall–Kier alpha value is -1.58. The van der Waals surface area contributed by atoms with E-state index < -0.39 is 5.97 Å². The molecule has 0 unspecified atom stereocenters. The minimum absolute atomic E-state index is 0.0578. The van der Waals surface area contributed by atoms with E-state index in [0.29, 0.717) is 5.57 Å². The number of ether oxygens (including phenoxy) is 1. The predicted molar refractivity (Wildman–Crippen MR) is 62.8 cm³/mol. The van der Waals surface area contributed by atoms with Gasteiger partial charge in [-0.1, -0.05) is 6.08 Å². The van der Waals surface area contributed by atoms with Crippen LogP contribution in [0, 0.1) is 0 Å². The second kappa shape index (κ2) is 6.82. The summed E-state index contributed by atoms with van der Waals surface area (Å²) in [5.74, 6) is -0.878. The van der Waals surface area contributed by atoms with Gasteiger partial charge in [-0.2, -0.15) is 0 Å². The molecule has 0 aliphatic rings. The van der Waals surface area contributed by atoms with Crippen molar-refractivity contribution >= 4 is 11.8 Å². The summed E-state index contributed by atoms with van der Waals surface area (Å²) in [6, 6.07) is 0. The molecule has 16 heavy (non-hydrogen) atoms. The number of carbonyl (C=O) groups is 2. The van der Waals surface area contributed by atoms with E-state index in [1.54, 1.807) is 45.8 Å². The lowest BCUT2D eigenvalue weighted by Gasteiger charge is -2.10. The van der Waals surface area contributed by atoms with E-state index in [0.717, 1.165) is 0 Å². The molecule has 4 heteroatoms. The highest BCUT2D eigenvalue weighted by Crippen LogP contribution is 2.08. The molecule has 0 saturated heterocycles. The van der Waals surface area contributed by atoms with Gasteiger partial charge in [0.1, 0.15) is 5.57 Å². The van der Waals surface area contributed by atoms with Crippen LogP contribution in [0.2, 0.25) is 0 Å². The zero-order valence-corrected chi connectivity index (χ0v) is 10.5. The zero-order chi connectivity index (χ0) is 12.7. The minimum atomic E-state index is -0.581. The third kappa shape index (κ3) is 4.29. The average molecular weight is 225 g/mol. The number of esters is 1. The number of Topliss-reactive ketones (excluding diaryl/α,β-unsaturated/α-hetero) is 1. The molecular formula is C12H19NO3. The van der Waals surface area contributed by atoms with Crippen LogP contribution in [0.5, 0.6) is 0 Å². The van der Waals surface area contributed by atoms with Gasteiger partial charge in [0.25, 0.3) is 0 Å². The van der Waals surface area contributed by atoms with Crippen molar-refractivity contribution < 1.29 is 14.3 Å². The fraction of sp³-hybridized carbons (Fsp3) is 0.500. The van der Waals surface area contributed by atoms with E-state index in [1.165, 1.54) is 6.20 Å². The Kier molecular flexibility index (Phi) is 6.15. The highest BCUT2D eigenvalue weighted by atomic mass is 16.5. The molecule has 0 aromatic rings. The quantitative estimate of drug-likeness (QED) is 0.308. The number of hydrogen-bond donors (Lipinski definition) is 0. The number of allylic oxidation sites excluding steroid dienone is 2. The first kappa shape index (κ1) is 14.4. The van der Waals surface area contributed by atoms with Crippen LogP contribution in [0.4, 0.5) is 0 Å². The molecule has 4 nitrogen and oxygen atoms in total.